The van der Waals surface area contributed by atoms with E-state index in [2.05, 4.69) is 43.4 Å². The van der Waals surface area contributed by atoms with Crippen LogP contribution in [0.5, 0.6) is 0 Å². The van der Waals surface area contributed by atoms with Crippen molar-refractivity contribution in [2.24, 2.45) is 4.99 Å². The van der Waals surface area contributed by atoms with Gasteiger partial charge in [-0.3, -0.25) is 9.79 Å². The summed E-state index contributed by atoms with van der Waals surface area (Å²) in [6.45, 7) is 4.18. The van der Waals surface area contributed by atoms with Gasteiger partial charge in [-0.1, -0.05) is 12.1 Å². The number of rotatable bonds is 8. The zero-order chi connectivity index (χ0) is 22.1. The molecule has 176 valence electrons. The molecular weight excluding hydrogens is 535 g/mol. The van der Waals surface area contributed by atoms with Gasteiger partial charge in [0.1, 0.15) is 0 Å². The van der Waals surface area contributed by atoms with Crippen LogP contribution in [0.15, 0.2) is 46.8 Å². The zero-order valence-electron chi connectivity index (χ0n) is 19.1. The summed E-state index contributed by atoms with van der Waals surface area (Å²) in [5.74, 6) is 0.763. The van der Waals surface area contributed by atoms with E-state index in [9.17, 15) is 4.79 Å². The lowest BCUT2D eigenvalue weighted by Crippen LogP contribution is -2.48. The van der Waals surface area contributed by atoms with Gasteiger partial charge < -0.3 is 25.8 Å². The topological polar surface area (TPSA) is 72.0 Å². The number of thiophene rings is 1. The van der Waals surface area contributed by atoms with Gasteiger partial charge in [0.25, 0.3) is 5.91 Å². The second-order valence-corrected chi connectivity index (χ2v) is 8.97. The van der Waals surface area contributed by atoms with Crippen LogP contribution in [0.2, 0.25) is 0 Å². The summed E-state index contributed by atoms with van der Waals surface area (Å²) in [7, 11) is 5.78. The minimum absolute atomic E-state index is 0. The molecule has 1 saturated heterocycles. The minimum Gasteiger partial charge on any atom is -0.363 e. The maximum Gasteiger partial charge on any atom is 0.251 e. The van der Waals surface area contributed by atoms with Gasteiger partial charge in [-0.15, -0.1) is 35.3 Å². The molecule has 0 radical (unpaired) electrons. The number of hydrogen-bond acceptors (Lipinski definition) is 5. The summed E-state index contributed by atoms with van der Waals surface area (Å²) in [6.07, 6.45) is 2.17. The fraction of sp³-hybridized carbons (Fsp3) is 0.478. The highest BCUT2D eigenvalue weighted by atomic mass is 127. The summed E-state index contributed by atoms with van der Waals surface area (Å²) in [6, 6.07) is 12.4. The molecule has 9 heteroatoms. The minimum atomic E-state index is -0.0382. The first kappa shape index (κ1) is 26.4. The maximum absolute atomic E-state index is 12.4. The number of amides is 1. The molecule has 2 aromatic rings. The molecule has 0 bridgehead atoms. The van der Waals surface area contributed by atoms with Crippen LogP contribution in [-0.2, 0) is 6.54 Å². The summed E-state index contributed by atoms with van der Waals surface area (Å²) >= 11 is 1.80. The molecule has 0 saturated carbocycles. The number of hydrogen-bond donors (Lipinski definition) is 3. The van der Waals surface area contributed by atoms with E-state index in [1.807, 2.05) is 43.3 Å². The molecule has 2 heterocycles. The fourth-order valence-corrected chi connectivity index (χ4v) is 4.37. The SMILES string of the molecule is CN=C(NCc1cccc(C(=O)NCCN(C)C)c1)NC1CCN(c2cccs2)CC1.I. The van der Waals surface area contributed by atoms with Crippen molar-refractivity contribution in [2.45, 2.75) is 25.4 Å². The van der Waals surface area contributed by atoms with E-state index in [1.165, 1.54) is 5.00 Å². The van der Waals surface area contributed by atoms with Crippen molar-refractivity contribution in [1.82, 2.24) is 20.9 Å². The Bertz CT molecular complexity index is 850. The first-order chi connectivity index (χ1) is 15.0. The highest BCUT2D eigenvalue weighted by molar-refractivity contribution is 14.0. The molecule has 0 unspecified atom stereocenters. The Morgan fingerprint density at radius 3 is 2.62 bits per heavy atom. The molecule has 7 nitrogen and oxygen atoms in total. The average Bonchev–Trinajstić information content (AvgIpc) is 3.32. The van der Waals surface area contributed by atoms with Crippen LogP contribution in [-0.4, -0.2) is 70.1 Å². The lowest BCUT2D eigenvalue weighted by atomic mass is 10.1. The maximum atomic E-state index is 12.4. The number of benzene rings is 1. The van der Waals surface area contributed by atoms with Crippen molar-refractivity contribution in [1.29, 1.82) is 0 Å². The van der Waals surface area contributed by atoms with Crippen LogP contribution in [0.3, 0.4) is 0 Å². The summed E-state index contributed by atoms with van der Waals surface area (Å²) in [4.78, 5) is 21.2. The fourth-order valence-electron chi connectivity index (χ4n) is 3.59. The molecule has 1 amide bonds. The summed E-state index contributed by atoms with van der Waals surface area (Å²) < 4.78 is 0. The molecule has 0 spiro atoms. The molecule has 1 aromatic carbocycles. The van der Waals surface area contributed by atoms with Gasteiger partial charge in [-0.2, -0.15) is 0 Å². The van der Waals surface area contributed by atoms with Crippen molar-refractivity contribution in [2.75, 3.05) is 52.2 Å². The van der Waals surface area contributed by atoms with Crippen LogP contribution >= 0.6 is 35.3 Å². The number of piperidine rings is 1. The summed E-state index contributed by atoms with van der Waals surface area (Å²) in [5.41, 5.74) is 1.73. The number of aliphatic imine (C=N–C) groups is 1. The molecule has 3 rings (SSSR count). The third-order valence-corrected chi connectivity index (χ3v) is 6.30. The number of nitrogens with zero attached hydrogens (tertiary/aromatic N) is 3. The molecule has 1 fully saturated rings. The Balaban J connectivity index is 0.00000363. The van der Waals surface area contributed by atoms with Crippen LogP contribution < -0.4 is 20.9 Å². The van der Waals surface area contributed by atoms with Crippen molar-refractivity contribution in [3.05, 3.63) is 52.9 Å². The van der Waals surface area contributed by atoms with Gasteiger partial charge in [0.05, 0.1) is 5.00 Å². The predicted molar refractivity (Wildman–Crippen MR) is 146 cm³/mol. The Morgan fingerprint density at radius 2 is 1.97 bits per heavy atom. The highest BCUT2D eigenvalue weighted by Crippen LogP contribution is 2.24. The van der Waals surface area contributed by atoms with Gasteiger partial charge in [0.15, 0.2) is 5.96 Å². The first-order valence-corrected chi connectivity index (χ1v) is 11.7. The monoisotopic (exact) mass is 570 g/mol. The normalized spacial score (nSPS) is 14.8. The number of carbonyl (C=O) groups is 1. The average molecular weight is 571 g/mol. The third-order valence-electron chi connectivity index (χ3n) is 5.37. The molecule has 0 aliphatic carbocycles. The number of halogens is 1. The number of likely N-dealkylation sites (N-methyl/N-ethyl adjacent to an activating group) is 1. The van der Waals surface area contributed by atoms with Crippen molar-refractivity contribution < 1.29 is 4.79 Å². The lowest BCUT2D eigenvalue weighted by molar-refractivity contribution is 0.0951. The second-order valence-electron chi connectivity index (χ2n) is 8.04. The molecule has 1 aromatic heterocycles. The quantitative estimate of drug-likeness (QED) is 0.259. The van der Waals surface area contributed by atoms with E-state index in [0.717, 1.165) is 44.0 Å². The Kier molecular flexibility index (Phi) is 11.3. The predicted octanol–water partition coefficient (Wildman–Crippen LogP) is 2.99. The van der Waals surface area contributed by atoms with E-state index < -0.39 is 0 Å². The largest absolute Gasteiger partial charge is 0.363 e. The van der Waals surface area contributed by atoms with Crippen LogP contribution in [0.1, 0.15) is 28.8 Å². The van der Waals surface area contributed by atoms with Crippen molar-refractivity contribution in [3.8, 4) is 0 Å². The second kappa shape index (κ2) is 13.6. The zero-order valence-corrected chi connectivity index (χ0v) is 22.3. The van der Waals surface area contributed by atoms with E-state index >= 15 is 0 Å². The smallest absolute Gasteiger partial charge is 0.251 e. The third kappa shape index (κ3) is 8.25. The summed E-state index contributed by atoms with van der Waals surface area (Å²) in [5, 5.41) is 13.4. The molecule has 32 heavy (non-hydrogen) atoms. The Morgan fingerprint density at radius 1 is 1.19 bits per heavy atom. The van der Waals surface area contributed by atoms with Gasteiger partial charge in [-0.25, -0.2) is 0 Å². The number of nitrogens with one attached hydrogen (secondary N) is 3. The van der Waals surface area contributed by atoms with Gasteiger partial charge in [0, 0.05) is 51.4 Å². The molecule has 1 aliphatic rings. The molecule has 0 atom stereocenters. The van der Waals surface area contributed by atoms with Crippen LogP contribution in [0.25, 0.3) is 0 Å². The van der Waals surface area contributed by atoms with E-state index in [0.29, 0.717) is 24.7 Å². The molecule has 3 N–H and O–H groups in total. The first-order valence-electron chi connectivity index (χ1n) is 10.8. The number of carbonyl (C=O) groups excluding carboxylic acids is 1. The Labute approximate surface area is 212 Å². The van der Waals surface area contributed by atoms with E-state index in [1.54, 1.807) is 18.4 Å². The Hall–Kier alpha value is -1.85. The standard InChI is InChI=1S/C23H34N6OS.HI/c1-24-23(27-20-9-12-29(13-10-20)21-8-5-15-31-21)26-17-18-6-4-7-19(16-18)22(30)25-11-14-28(2)3;/h4-8,15-16,20H,9-14,17H2,1-3H3,(H,25,30)(H2,24,26,27);1H. The highest BCUT2D eigenvalue weighted by Gasteiger charge is 2.20. The van der Waals surface area contributed by atoms with Crippen LogP contribution in [0.4, 0.5) is 5.00 Å². The van der Waals surface area contributed by atoms with Gasteiger partial charge >= 0.3 is 0 Å². The van der Waals surface area contributed by atoms with E-state index in [4.69, 9.17) is 0 Å². The van der Waals surface area contributed by atoms with Gasteiger partial charge in [0.2, 0.25) is 0 Å². The number of anilines is 1. The van der Waals surface area contributed by atoms with Crippen LogP contribution in [0, 0.1) is 0 Å². The molecular formula is C23H35IN6OS. The van der Waals surface area contributed by atoms with Gasteiger partial charge in [-0.05, 0) is 62.1 Å². The van der Waals surface area contributed by atoms with Crippen molar-refractivity contribution in [3.63, 3.8) is 0 Å². The molecule has 1 aliphatic heterocycles. The lowest BCUT2D eigenvalue weighted by Gasteiger charge is -2.33. The van der Waals surface area contributed by atoms with Crippen molar-refractivity contribution >= 4 is 52.2 Å². The van der Waals surface area contributed by atoms with E-state index in [-0.39, 0.29) is 29.9 Å². The number of guanidine groups is 1.